The van der Waals surface area contributed by atoms with Crippen LogP contribution in [0.25, 0.3) is 0 Å². The quantitative estimate of drug-likeness (QED) is 0.855. The van der Waals surface area contributed by atoms with Crippen molar-refractivity contribution in [2.45, 2.75) is 12.8 Å². The Hall–Kier alpha value is -1.47. The van der Waals surface area contributed by atoms with Gasteiger partial charge in [-0.2, -0.15) is 0 Å². The van der Waals surface area contributed by atoms with E-state index in [0.717, 1.165) is 17.4 Å². The van der Waals surface area contributed by atoms with Crippen LogP contribution in [0.5, 0.6) is 11.5 Å². The second-order valence-corrected chi connectivity index (χ2v) is 6.76. The summed E-state index contributed by atoms with van der Waals surface area (Å²) in [5.41, 5.74) is 0.710. The summed E-state index contributed by atoms with van der Waals surface area (Å²) in [6, 6.07) is 5.41. The highest BCUT2D eigenvalue weighted by molar-refractivity contribution is 8.23. The Balaban J connectivity index is 1.50. The van der Waals surface area contributed by atoms with Crippen LogP contribution in [0.1, 0.15) is 12.8 Å². The van der Waals surface area contributed by atoms with Gasteiger partial charge in [-0.25, -0.2) is 0 Å². The smallest absolute Gasteiger partial charge is 0.234 e. The van der Waals surface area contributed by atoms with Crippen molar-refractivity contribution in [2.24, 2.45) is 0 Å². The largest absolute Gasteiger partial charge is 0.486 e. The van der Waals surface area contributed by atoms with E-state index in [2.05, 4.69) is 10.2 Å². The van der Waals surface area contributed by atoms with Gasteiger partial charge in [0, 0.05) is 24.8 Å². The summed E-state index contributed by atoms with van der Waals surface area (Å²) < 4.78 is 11.8. The molecular weight excluding hydrogens is 320 g/mol. The molecule has 0 aliphatic carbocycles. The number of thiocarbonyl (C=S) groups is 1. The van der Waals surface area contributed by atoms with Crippen LogP contribution in [-0.4, -0.2) is 47.2 Å². The first-order chi connectivity index (χ1) is 10.7. The molecule has 7 heteroatoms. The van der Waals surface area contributed by atoms with Crippen molar-refractivity contribution in [3.63, 3.8) is 0 Å². The number of anilines is 1. The van der Waals surface area contributed by atoms with Gasteiger partial charge in [-0.05, 0) is 25.0 Å². The monoisotopic (exact) mass is 338 g/mol. The number of carbonyl (C=O) groups is 1. The van der Waals surface area contributed by atoms with Gasteiger partial charge in [-0.1, -0.05) is 24.0 Å². The Morgan fingerprint density at radius 1 is 1.23 bits per heavy atom. The van der Waals surface area contributed by atoms with Crippen LogP contribution >= 0.6 is 24.0 Å². The molecule has 22 heavy (non-hydrogen) atoms. The van der Waals surface area contributed by atoms with Gasteiger partial charge in [-0.3, -0.25) is 4.79 Å². The summed E-state index contributed by atoms with van der Waals surface area (Å²) in [6.07, 6.45) is 2.37. The molecule has 0 unspecified atom stereocenters. The van der Waals surface area contributed by atoms with Gasteiger partial charge < -0.3 is 19.7 Å². The number of fused-ring (bicyclic) bond motifs is 1. The Bertz CT molecular complexity index is 574. The number of amides is 1. The van der Waals surface area contributed by atoms with Crippen LogP contribution in [-0.2, 0) is 4.79 Å². The lowest BCUT2D eigenvalue weighted by atomic mass is 10.2. The minimum atomic E-state index is -0.0665. The molecule has 2 aliphatic heterocycles. The van der Waals surface area contributed by atoms with Crippen molar-refractivity contribution >= 4 is 39.9 Å². The third-order valence-corrected chi connectivity index (χ3v) is 5.04. The van der Waals surface area contributed by atoms with E-state index < -0.39 is 0 Å². The van der Waals surface area contributed by atoms with Crippen molar-refractivity contribution in [1.82, 2.24) is 4.90 Å². The highest BCUT2D eigenvalue weighted by Crippen LogP contribution is 2.32. The van der Waals surface area contributed by atoms with Gasteiger partial charge in [0.1, 0.15) is 17.5 Å². The van der Waals surface area contributed by atoms with Crippen LogP contribution in [0.2, 0.25) is 0 Å². The number of hydrogen-bond donors (Lipinski definition) is 1. The molecule has 3 rings (SSSR count). The molecule has 0 spiro atoms. The number of ether oxygens (including phenoxy) is 2. The first-order valence-corrected chi connectivity index (χ1v) is 8.73. The summed E-state index contributed by atoms with van der Waals surface area (Å²) in [6.45, 7) is 3.11. The van der Waals surface area contributed by atoms with Gasteiger partial charge in [0.05, 0.1) is 5.75 Å². The molecule has 0 radical (unpaired) electrons. The number of likely N-dealkylation sites (tertiary alicyclic amines) is 1. The van der Waals surface area contributed by atoms with E-state index >= 15 is 0 Å². The molecule has 1 N–H and O–H groups in total. The van der Waals surface area contributed by atoms with Crippen molar-refractivity contribution in [3.8, 4) is 11.5 Å². The maximum atomic E-state index is 12.0. The van der Waals surface area contributed by atoms with E-state index in [0.29, 0.717) is 36.2 Å². The van der Waals surface area contributed by atoms with Gasteiger partial charge in [0.2, 0.25) is 5.91 Å². The molecule has 2 aliphatic rings. The SMILES string of the molecule is O=C(CSC(=S)N1CCCC1)Nc1ccc2c(c1)OCCO2. The Morgan fingerprint density at radius 3 is 2.73 bits per heavy atom. The lowest BCUT2D eigenvalue weighted by Crippen LogP contribution is -2.25. The first kappa shape index (κ1) is 15.4. The van der Waals surface area contributed by atoms with Crippen LogP contribution in [0, 0.1) is 0 Å². The van der Waals surface area contributed by atoms with Crippen molar-refractivity contribution in [2.75, 3.05) is 37.4 Å². The molecular formula is C15H18N2O3S2. The normalized spacial score (nSPS) is 16.5. The summed E-state index contributed by atoms with van der Waals surface area (Å²) >= 11 is 6.77. The maximum absolute atomic E-state index is 12.0. The van der Waals surface area contributed by atoms with Crippen LogP contribution in [0.15, 0.2) is 18.2 Å². The molecule has 2 heterocycles. The Kier molecular flexibility index (Phi) is 5.04. The average Bonchev–Trinajstić information content (AvgIpc) is 3.07. The molecule has 5 nitrogen and oxygen atoms in total. The minimum absolute atomic E-state index is 0.0665. The molecule has 1 saturated heterocycles. The molecule has 0 saturated carbocycles. The minimum Gasteiger partial charge on any atom is -0.486 e. The van der Waals surface area contributed by atoms with E-state index in [1.54, 1.807) is 6.07 Å². The maximum Gasteiger partial charge on any atom is 0.234 e. The molecule has 1 fully saturated rings. The second-order valence-electron chi connectivity index (χ2n) is 5.16. The molecule has 0 aromatic heterocycles. The van der Waals surface area contributed by atoms with Crippen molar-refractivity contribution in [3.05, 3.63) is 18.2 Å². The predicted molar refractivity (Wildman–Crippen MR) is 91.9 cm³/mol. The number of hydrogen-bond acceptors (Lipinski definition) is 5. The number of thioether (sulfide) groups is 1. The molecule has 1 aromatic carbocycles. The lowest BCUT2D eigenvalue weighted by Gasteiger charge is -2.19. The van der Waals surface area contributed by atoms with Crippen LogP contribution < -0.4 is 14.8 Å². The Morgan fingerprint density at radius 2 is 1.95 bits per heavy atom. The number of carbonyl (C=O) groups excluding carboxylic acids is 1. The van der Waals surface area contributed by atoms with E-state index in [4.69, 9.17) is 21.7 Å². The summed E-state index contributed by atoms with van der Waals surface area (Å²) in [5.74, 6) is 1.64. The number of nitrogens with one attached hydrogen (secondary N) is 1. The fourth-order valence-corrected chi connectivity index (χ4v) is 3.49. The first-order valence-electron chi connectivity index (χ1n) is 7.33. The van der Waals surface area contributed by atoms with Crippen LogP contribution in [0.3, 0.4) is 0 Å². The standard InChI is InChI=1S/C15H18N2O3S2/c18-14(10-22-15(21)17-5-1-2-6-17)16-11-3-4-12-13(9-11)20-8-7-19-12/h3-4,9H,1-2,5-8,10H2,(H,16,18). The fraction of sp³-hybridized carbons (Fsp3) is 0.467. The molecule has 1 aromatic rings. The zero-order chi connectivity index (χ0) is 15.4. The third-order valence-electron chi connectivity index (χ3n) is 3.52. The zero-order valence-electron chi connectivity index (χ0n) is 12.2. The van der Waals surface area contributed by atoms with Gasteiger partial charge >= 0.3 is 0 Å². The summed E-state index contributed by atoms with van der Waals surface area (Å²) in [5, 5.41) is 2.86. The number of benzene rings is 1. The highest BCUT2D eigenvalue weighted by Gasteiger charge is 2.17. The zero-order valence-corrected chi connectivity index (χ0v) is 13.8. The molecule has 0 bridgehead atoms. The average molecular weight is 338 g/mol. The summed E-state index contributed by atoms with van der Waals surface area (Å²) in [7, 11) is 0. The fourth-order valence-electron chi connectivity index (χ4n) is 2.44. The second kappa shape index (κ2) is 7.19. The number of rotatable bonds is 3. The van der Waals surface area contributed by atoms with E-state index in [9.17, 15) is 4.79 Å². The topological polar surface area (TPSA) is 50.8 Å². The molecule has 1 amide bonds. The predicted octanol–water partition coefficient (Wildman–Crippen LogP) is 2.51. The van der Waals surface area contributed by atoms with Gasteiger partial charge in [0.15, 0.2) is 11.5 Å². The van der Waals surface area contributed by atoms with Crippen LogP contribution in [0.4, 0.5) is 5.69 Å². The number of nitrogens with zero attached hydrogens (tertiary/aromatic N) is 1. The lowest BCUT2D eigenvalue weighted by molar-refractivity contribution is -0.113. The Labute approximate surface area is 139 Å². The van der Waals surface area contributed by atoms with Gasteiger partial charge in [-0.15, -0.1) is 0 Å². The van der Waals surface area contributed by atoms with E-state index in [1.807, 2.05) is 12.1 Å². The van der Waals surface area contributed by atoms with E-state index in [1.165, 1.54) is 24.6 Å². The van der Waals surface area contributed by atoms with Gasteiger partial charge in [0.25, 0.3) is 0 Å². The summed E-state index contributed by atoms with van der Waals surface area (Å²) in [4.78, 5) is 14.2. The third kappa shape index (κ3) is 3.84. The highest BCUT2D eigenvalue weighted by atomic mass is 32.2. The molecule has 0 atom stereocenters. The molecule has 118 valence electrons. The van der Waals surface area contributed by atoms with Crippen molar-refractivity contribution in [1.29, 1.82) is 0 Å². The van der Waals surface area contributed by atoms with E-state index in [-0.39, 0.29) is 5.91 Å². The van der Waals surface area contributed by atoms with Crippen molar-refractivity contribution < 1.29 is 14.3 Å².